The number of rotatable bonds is 6. The average Bonchev–Trinajstić information content (AvgIpc) is 2.86. The van der Waals surface area contributed by atoms with Gasteiger partial charge >= 0.3 is 0 Å². The van der Waals surface area contributed by atoms with Crippen LogP contribution in [-0.4, -0.2) is 77.2 Å². The van der Waals surface area contributed by atoms with Crippen LogP contribution in [0.1, 0.15) is 33.6 Å². The number of amides is 5. The summed E-state index contributed by atoms with van der Waals surface area (Å²) in [5, 5.41) is 13.6. The molecule has 28 heavy (non-hydrogen) atoms. The van der Waals surface area contributed by atoms with Crippen molar-refractivity contribution in [2.24, 2.45) is 0 Å². The number of anilines is 1. The summed E-state index contributed by atoms with van der Waals surface area (Å²) >= 11 is 0. The Hall–Kier alpha value is -3.11. The summed E-state index contributed by atoms with van der Waals surface area (Å²) in [5.41, 5.74) is 0.578. The Morgan fingerprint density at radius 2 is 1.96 bits per heavy atom. The Bertz CT molecular complexity index is 868. The molecule has 10 heteroatoms. The second-order valence-corrected chi connectivity index (χ2v) is 6.72. The quantitative estimate of drug-likeness (QED) is 0.529. The SMILES string of the molecule is CN(CCO)CC(=O)Nc1ccc2c(c1)C(=O)N(C1CCC(=O)NC1=O)C2=O. The summed E-state index contributed by atoms with van der Waals surface area (Å²) in [6.07, 6.45) is 0.128. The van der Waals surface area contributed by atoms with Crippen molar-refractivity contribution in [1.29, 1.82) is 0 Å². The second kappa shape index (κ2) is 7.87. The van der Waals surface area contributed by atoms with Crippen molar-refractivity contribution in [3.63, 3.8) is 0 Å². The third-order valence-corrected chi connectivity index (χ3v) is 4.62. The van der Waals surface area contributed by atoms with E-state index in [4.69, 9.17) is 5.11 Å². The van der Waals surface area contributed by atoms with Gasteiger partial charge in [0.2, 0.25) is 17.7 Å². The summed E-state index contributed by atoms with van der Waals surface area (Å²) in [6.45, 7) is 0.313. The number of carbonyl (C=O) groups excluding carboxylic acids is 5. The number of aliphatic hydroxyl groups excluding tert-OH is 1. The van der Waals surface area contributed by atoms with Crippen LogP contribution in [0.15, 0.2) is 18.2 Å². The molecule has 1 unspecified atom stereocenters. The maximum absolute atomic E-state index is 12.7. The van der Waals surface area contributed by atoms with Crippen LogP contribution in [0.25, 0.3) is 0 Å². The molecule has 2 aliphatic rings. The van der Waals surface area contributed by atoms with Gasteiger partial charge in [-0.3, -0.25) is 39.1 Å². The van der Waals surface area contributed by atoms with E-state index in [1.54, 1.807) is 11.9 Å². The Morgan fingerprint density at radius 1 is 1.25 bits per heavy atom. The molecule has 3 N–H and O–H groups in total. The number of piperidine rings is 1. The Morgan fingerprint density at radius 3 is 2.64 bits per heavy atom. The topological polar surface area (TPSA) is 136 Å². The van der Waals surface area contributed by atoms with Gasteiger partial charge in [0.1, 0.15) is 6.04 Å². The number of likely N-dealkylation sites (N-methyl/N-ethyl adjacent to an activating group) is 1. The van der Waals surface area contributed by atoms with Crippen molar-refractivity contribution in [3.05, 3.63) is 29.3 Å². The summed E-state index contributed by atoms with van der Waals surface area (Å²) < 4.78 is 0. The highest BCUT2D eigenvalue weighted by atomic mass is 16.3. The monoisotopic (exact) mass is 388 g/mol. The highest BCUT2D eigenvalue weighted by Gasteiger charge is 2.44. The first-order valence-electron chi connectivity index (χ1n) is 8.76. The molecule has 3 rings (SSSR count). The molecule has 0 radical (unpaired) electrons. The summed E-state index contributed by atoms with van der Waals surface area (Å²) in [7, 11) is 1.68. The van der Waals surface area contributed by atoms with E-state index in [2.05, 4.69) is 10.6 Å². The molecule has 2 aliphatic heterocycles. The standard InChI is InChI=1S/C18H20N4O6/c1-21(6-7-23)9-15(25)19-10-2-3-11-12(8-10)18(28)22(17(11)27)13-4-5-14(24)20-16(13)26/h2-3,8,13,23H,4-7,9H2,1H3,(H,19,25)(H,20,24,26). The lowest BCUT2D eigenvalue weighted by Crippen LogP contribution is -2.54. The van der Waals surface area contributed by atoms with E-state index in [-0.39, 0.29) is 43.0 Å². The van der Waals surface area contributed by atoms with E-state index >= 15 is 0 Å². The predicted molar refractivity (Wildman–Crippen MR) is 96.3 cm³/mol. The Kier molecular flexibility index (Phi) is 5.52. The van der Waals surface area contributed by atoms with E-state index in [9.17, 15) is 24.0 Å². The molecule has 0 bridgehead atoms. The normalized spacial score (nSPS) is 19.1. The van der Waals surface area contributed by atoms with Crippen molar-refractivity contribution in [2.75, 3.05) is 32.1 Å². The van der Waals surface area contributed by atoms with Gasteiger partial charge in [0.05, 0.1) is 24.3 Å². The highest BCUT2D eigenvalue weighted by Crippen LogP contribution is 2.29. The minimum absolute atomic E-state index is 0.0481. The number of nitrogens with zero attached hydrogens (tertiary/aromatic N) is 2. The van der Waals surface area contributed by atoms with Gasteiger partial charge in [-0.25, -0.2) is 0 Å². The first kappa shape index (κ1) is 19.6. The third-order valence-electron chi connectivity index (χ3n) is 4.62. The number of carbonyl (C=O) groups is 5. The lowest BCUT2D eigenvalue weighted by Gasteiger charge is -2.27. The zero-order chi connectivity index (χ0) is 20.4. The molecule has 5 amide bonds. The van der Waals surface area contributed by atoms with Crippen LogP contribution in [0.5, 0.6) is 0 Å². The van der Waals surface area contributed by atoms with E-state index < -0.39 is 29.7 Å². The summed E-state index contributed by atoms with van der Waals surface area (Å²) in [6, 6.07) is 3.29. The van der Waals surface area contributed by atoms with Gasteiger partial charge in [0.25, 0.3) is 11.8 Å². The molecule has 1 fully saturated rings. The second-order valence-electron chi connectivity index (χ2n) is 6.72. The number of imide groups is 2. The van der Waals surface area contributed by atoms with Crippen LogP contribution < -0.4 is 10.6 Å². The summed E-state index contributed by atoms with van der Waals surface area (Å²) in [5.74, 6) is -2.69. The van der Waals surface area contributed by atoms with Crippen LogP contribution in [0.2, 0.25) is 0 Å². The van der Waals surface area contributed by atoms with Crippen LogP contribution >= 0.6 is 0 Å². The summed E-state index contributed by atoms with van der Waals surface area (Å²) in [4.78, 5) is 63.2. The van der Waals surface area contributed by atoms with Gasteiger partial charge in [-0.05, 0) is 31.7 Å². The van der Waals surface area contributed by atoms with E-state index in [1.807, 2.05) is 0 Å². The molecule has 0 spiro atoms. The number of hydrogen-bond acceptors (Lipinski definition) is 7. The maximum Gasteiger partial charge on any atom is 0.262 e. The van der Waals surface area contributed by atoms with E-state index in [0.29, 0.717) is 12.2 Å². The number of nitrogens with one attached hydrogen (secondary N) is 2. The number of hydrogen-bond donors (Lipinski definition) is 3. The van der Waals surface area contributed by atoms with E-state index in [1.165, 1.54) is 18.2 Å². The average molecular weight is 388 g/mol. The fraction of sp³-hybridized carbons (Fsp3) is 0.389. The molecule has 2 heterocycles. The Balaban J connectivity index is 1.75. The van der Waals surface area contributed by atoms with Gasteiger partial charge in [-0.1, -0.05) is 0 Å². The van der Waals surface area contributed by atoms with Crippen molar-refractivity contribution >= 4 is 35.2 Å². The molecular weight excluding hydrogens is 368 g/mol. The minimum atomic E-state index is -1.03. The molecule has 148 valence electrons. The fourth-order valence-corrected chi connectivity index (χ4v) is 3.24. The molecule has 0 aliphatic carbocycles. The zero-order valence-corrected chi connectivity index (χ0v) is 15.2. The Labute approximate surface area is 160 Å². The van der Waals surface area contributed by atoms with Gasteiger partial charge < -0.3 is 10.4 Å². The van der Waals surface area contributed by atoms with Crippen LogP contribution in [0, 0.1) is 0 Å². The van der Waals surface area contributed by atoms with Gasteiger partial charge in [-0.2, -0.15) is 0 Å². The lowest BCUT2D eigenvalue weighted by molar-refractivity contribution is -0.136. The minimum Gasteiger partial charge on any atom is -0.395 e. The first-order chi connectivity index (χ1) is 13.3. The lowest BCUT2D eigenvalue weighted by atomic mass is 10.0. The molecule has 1 atom stereocenters. The largest absolute Gasteiger partial charge is 0.395 e. The molecule has 1 aromatic rings. The van der Waals surface area contributed by atoms with Crippen molar-refractivity contribution < 1.29 is 29.1 Å². The first-order valence-corrected chi connectivity index (χ1v) is 8.76. The van der Waals surface area contributed by atoms with Crippen LogP contribution in [0.3, 0.4) is 0 Å². The van der Waals surface area contributed by atoms with Crippen molar-refractivity contribution in [1.82, 2.24) is 15.1 Å². The predicted octanol–water partition coefficient (Wildman–Crippen LogP) is -1.05. The zero-order valence-electron chi connectivity index (χ0n) is 15.2. The molecule has 1 saturated heterocycles. The van der Waals surface area contributed by atoms with E-state index in [0.717, 1.165) is 4.90 Å². The van der Waals surface area contributed by atoms with Gasteiger partial charge in [0, 0.05) is 18.7 Å². The molecule has 0 saturated carbocycles. The smallest absolute Gasteiger partial charge is 0.262 e. The highest BCUT2D eigenvalue weighted by molar-refractivity contribution is 6.23. The molecular formula is C18H20N4O6. The molecule has 1 aromatic carbocycles. The molecule has 10 nitrogen and oxygen atoms in total. The van der Waals surface area contributed by atoms with Crippen LogP contribution in [-0.2, 0) is 14.4 Å². The fourth-order valence-electron chi connectivity index (χ4n) is 3.24. The molecule has 0 aromatic heterocycles. The number of fused-ring (bicyclic) bond motifs is 1. The number of benzene rings is 1. The van der Waals surface area contributed by atoms with Gasteiger partial charge in [-0.15, -0.1) is 0 Å². The number of aliphatic hydroxyl groups is 1. The third kappa shape index (κ3) is 3.78. The maximum atomic E-state index is 12.7. The van der Waals surface area contributed by atoms with Crippen molar-refractivity contribution in [2.45, 2.75) is 18.9 Å². The van der Waals surface area contributed by atoms with Crippen molar-refractivity contribution in [3.8, 4) is 0 Å². The van der Waals surface area contributed by atoms with Gasteiger partial charge in [0.15, 0.2) is 0 Å². The van der Waals surface area contributed by atoms with Crippen LogP contribution in [0.4, 0.5) is 5.69 Å².